The topological polar surface area (TPSA) is 33.3 Å². The normalized spacial score (nSPS) is 16.7. The van der Waals surface area contributed by atoms with E-state index in [1.54, 1.807) is 7.11 Å². The van der Waals surface area contributed by atoms with Crippen molar-refractivity contribution in [1.82, 2.24) is 10.9 Å². The van der Waals surface area contributed by atoms with E-state index in [9.17, 15) is 0 Å². The lowest BCUT2D eigenvalue weighted by Crippen LogP contribution is -2.35. The third kappa shape index (κ3) is 4.31. The first-order valence-corrected chi connectivity index (χ1v) is 6.97. The van der Waals surface area contributed by atoms with Crippen molar-refractivity contribution in [1.29, 1.82) is 0 Å². The monoisotopic (exact) mass is 248 g/mol. The second-order valence-corrected chi connectivity index (χ2v) is 5.09. The van der Waals surface area contributed by atoms with Crippen molar-refractivity contribution in [3.8, 4) is 5.75 Å². The van der Waals surface area contributed by atoms with Gasteiger partial charge >= 0.3 is 0 Å². The van der Waals surface area contributed by atoms with E-state index >= 15 is 0 Å². The van der Waals surface area contributed by atoms with E-state index in [4.69, 9.17) is 4.74 Å². The molecule has 0 saturated heterocycles. The van der Waals surface area contributed by atoms with Crippen LogP contribution in [0.5, 0.6) is 5.75 Å². The second kappa shape index (κ2) is 7.39. The number of nitrogens with one attached hydrogen (secondary N) is 2. The lowest BCUT2D eigenvalue weighted by atomic mass is 9.89. The van der Waals surface area contributed by atoms with E-state index in [1.807, 2.05) is 12.1 Å². The zero-order valence-electron chi connectivity index (χ0n) is 11.2. The lowest BCUT2D eigenvalue weighted by molar-refractivity contribution is 0.325. The van der Waals surface area contributed by atoms with Gasteiger partial charge in [-0.05, 0) is 36.5 Å². The minimum atomic E-state index is 0.858. The van der Waals surface area contributed by atoms with Crippen LogP contribution in [0.3, 0.4) is 0 Å². The molecule has 0 aromatic heterocycles. The Hall–Kier alpha value is -1.06. The predicted molar refractivity (Wildman–Crippen MR) is 74.4 cm³/mol. The molecule has 1 aliphatic rings. The van der Waals surface area contributed by atoms with Gasteiger partial charge in [0.1, 0.15) is 5.75 Å². The molecule has 0 spiro atoms. The fourth-order valence-electron chi connectivity index (χ4n) is 2.52. The Bertz CT molecular complexity index is 331. The van der Waals surface area contributed by atoms with Crippen LogP contribution in [0.25, 0.3) is 0 Å². The molecule has 2 N–H and O–H groups in total. The lowest BCUT2D eigenvalue weighted by Gasteiger charge is -2.22. The summed E-state index contributed by atoms with van der Waals surface area (Å²) in [5.74, 6) is 1.77. The Labute approximate surface area is 110 Å². The molecule has 3 nitrogen and oxygen atoms in total. The number of hydrogen-bond donors (Lipinski definition) is 2. The molecule has 18 heavy (non-hydrogen) atoms. The first-order chi connectivity index (χ1) is 8.88. The van der Waals surface area contributed by atoms with Gasteiger partial charge in [0, 0.05) is 13.1 Å². The Morgan fingerprint density at radius 3 is 2.44 bits per heavy atom. The van der Waals surface area contributed by atoms with Crippen molar-refractivity contribution in [2.45, 2.75) is 38.6 Å². The highest BCUT2D eigenvalue weighted by Gasteiger charge is 2.12. The smallest absolute Gasteiger partial charge is 0.118 e. The van der Waals surface area contributed by atoms with Gasteiger partial charge in [-0.2, -0.15) is 0 Å². The van der Waals surface area contributed by atoms with Crippen LogP contribution in [-0.4, -0.2) is 13.7 Å². The van der Waals surface area contributed by atoms with Gasteiger partial charge in [-0.1, -0.05) is 31.4 Å². The van der Waals surface area contributed by atoms with Crippen molar-refractivity contribution in [2.75, 3.05) is 13.7 Å². The van der Waals surface area contributed by atoms with E-state index in [2.05, 4.69) is 23.0 Å². The van der Waals surface area contributed by atoms with E-state index in [0.717, 1.165) is 24.8 Å². The van der Waals surface area contributed by atoms with Gasteiger partial charge in [-0.15, -0.1) is 0 Å². The van der Waals surface area contributed by atoms with E-state index in [-0.39, 0.29) is 0 Å². The van der Waals surface area contributed by atoms with Gasteiger partial charge < -0.3 is 4.74 Å². The van der Waals surface area contributed by atoms with E-state index in [1.165, 1.54) is 37.7 Å². The van der Waals surface area contributed by atoms with Crippen molar-refractivity contribution < 1.29 is 4.74 Å². The number of ether oxygens (including phenoxy) is 1. The van der Waals surface area contributed by atoms with Crippen LogP contribution in [-0.2, 0) is 6.54 Å². The molecule has 0 heterocycles. The second-order valence-electron chi connectivity index (χ2n) is 5.09. The summed E-state index contributed by atoms with van der Waals surface area (Å²) in [6.45, 7) is 1.95. The fourth-order valence-corrected chi connectivity index (χ4v) is 2.52. The molecule has 3 heteroatoms. The van der Waals surface area contributed by atoms with Crippen molar-refractivity contribution in [2.24, 2.45) is 5.92 Å². The number of benzene rings is 1. The SMILES string of the molecule is COc1ccc(CNNCC2CCCCC2)cc1. The summed E-state index contributed by atoms with van der Waals surface area (Å²) in [7, 11) is 1.69. The molecule has 1 aliphatic carbocycles. The Balaban J connectivity index is 1.62. The summed E-state index contributed by atoms with van der Waals surface area (Å²) in [5.41, 5.74) is 7.92. The van der Waals surface area contributed by atoms with Crippen molar-refractivity contribution >= 4 is 0 Å². The molecule has 1 aromatic rings. The summed E-state index contributed by atoms with van der Waals surface area (Å²) in [5, 5.41) is 0. The van der Waals surface area contributed by atoms with Crippen LogP contribution in [0, 0.1) is 5.92 Å². The fraction of sp³-hybridized carbons (Fsp3) is 0.600. The molecule has 1 fully saturated rings. The average Bonchev–Trinajstić information content (AvgIpc) is 2.45. The van der Waals surface area contributed by atoms with Crippen LogP contribution in [0.2, 0.25) is 0 Å². The average molecular weight is 248 g/mol. The quantitative estimate of drug-likeness (QED) is 0.600. The summed E-state index contributed by atoms with van der Waals surface area (Å²) < 4.78 is 5.14. The summed E-state index contributed by atoms with van der Waals surface area (Å²) in [4.78, 5) is 0. The molecule has 0 amide bonds. The maximum atomic E-state index is 5.14. The highest BCUT2D eigenvalue weighted by molar-refractivity contribution is 5.26. The summed E-state index contributed by atoms with van der Waals surface area (Å²) >= 11 is 0. The van der Waals surface area contributed by atoms with Crippen LogP contribution >= 0.6 is 0 Å². The molecule has 2 rings (SSSR count). The first-order valence-electron chi connectivity index (χ1n) is 6.97. The molecule has 0 atom stereocenters. The molecular formula is C15H24N2O. The predicted octanol–water partition coefficient (Wildman–Crippen LogP) is 2.87. The molecule has 0 unspecified atom stereocenters. The maximum absolute atomic E-state index is 5.14. The Morgan fingerprint density at radius 2 is 1.78 bits per heavy atom. The van der Waals surface area contributed by atoms with E-state index < -0.39 is 0 Å². The van der Waals surface area contributed by atoms with Crippen LogP contribution in [0.1, 0.15) is 37.7 Å². The van der Waals surface area contributed by atoms with Gasteiger partial charge in [-0.25, -0.2) is 0 Å². The largest absolute Gasteiger partial charge is 0.497 e. The van der Waals surface area contributed by atoms with Crippen molar-refractivity contribution in [3.63, 3.8) is 0 Å². The minimum Gasteiger partial charge on any atom is -0.497 e. The zero-order chi connectivity index (χ0) is 12.6. The minimum absolute atomic E-state index is 0.858. The summed E-state index contributed by atoms with van der Waals surface area (Å²) in [6, 6.07) is 8.18. The molecule has 100 valence electrons. The summed E-state index contributed by atoms with van der Waals surface area (Å²) in [6.07, 6.45) is 7.01. The third-order valence-electron chi connectivity index (χ3n) is 3.69. The third-order valence-corrected chi connectivity index (χ3v) is 3.69. The molecule has 0 bridgehead atoms. The molecular weight excluding hydrogens is 224 g/mol. The van der Waals surface area contributed by atoms with Gasteiger partial charge in [0.25, 0.3) is 0 Å². The standard InChI is InChI=1S/C15H24N2O/c1-18-15-9-7-14(8-10-15)12-17-16-11-13-5-3-2-4-6-13/h7-10,13,16-17H,2-6,11-12H2,1H3. The number of hydrogen-bond acceptors (Lipinski definition) is 3. The molecule has 0 radical (unpaired) electrons. The van der Waals surface area contributed by atoms with E-state index in [0.29, 0.717) is 0 Å². The number of methoxy groups -OCH3 is 1. The molecule has 1 aromatic carbocycles. The van der Waals surface area contributed by atoms with Crippen LogP contribution < -0.4 is 15.6 Å². The van der Waals surface area contributed by atoms with Gasteiger partial charge in [0.05, 0.1) is 7.11 Å². The Kier molecular flexibility index (Phi) is 5.49. The zero-order valence-corrected chi connectivity index (χ0v) is 11.2. The Morgan fingerprint density at radius 1 is 1.06 bits per heavy atom. The highest BCUT2D eigenvalue weighted by atomic mass is 16.5. The van der Waals surface area contributed by atoms with Crippen molar-refractivity contribution in [3.05, 3.63) is 29.8 Å². The number of hydrazine groups is 1. The first kappa shape index (κ1) is 13.4. The van der Waals surface area contributed by atoms with Crippen LogP contribution in [0.4, 0.5) is 0 Å². The molecule has 1 saturated carbocycles. The van der Waals surface area contributed by atoms with Gasteiger partial charge in [0.15, 0.2) is 0 Å². The van der Waals surface area contributed by atoms with Gasteiger partial charge in [0.2, 0.25) is 0 Å². The van der Waals surface area contributed by atoms with Crippen LogP contribution in [0.15, 0.2) is 24.3 Å². The molecule has 0 aliphatic heterocycles. The highest BCUT2D eigenvalue weighted by Crippen LogP contribution is 2.22. The maximum Gasteiger partial charge on any atom is 0.118 e. The van der Waals surface area contributed by atoms with Gasteiger partial charge in [-0.3, -0.25) is 10.9 Å². The number of rotatable bonds is 6.